The minimum Gasteiger partial charge on any atom is -0.497 e. The summed E-state index contributed by atoms with van der Waals surface area (Å²) in [5, 5.41) is 0.984. The van der Waals surface area contributed by atoms with Gasteiger partial charge in [0.2, 0.25) is 0 Å². The molecule has 2 heterocycles. The molecule has 0 saturated carbocycles. The number of ether oxygens (including phenoxy) is 1. The Morgan fingerprint density at radius 1 is 1.42 bits per heavy atom. The third-order valence-electron chi connectivity index (χ3n) is 2.87. The van der Waals surface area contributed by atoms with Gasteiger partial charge in [0.15, 0.2) is 5.13 Å². The van der Waals surface area contributed by atoms with Gasteiger partial charge in [-0.1, -0.05) is 11.3 Å². The molecule has 5 nitrogen and oxygen atoms in total. The first-order valence-corrected chi connectivity index (χ1v) is 6.71. The van der Waals surface area contributed by atoms with Crippen molar-refractivity contribution >= 4 is 26.7 Å². The molecule has 0 aliphatic rings. The van der Waals surface area contributed by atoms with Crippen molar-refractivity contribution in [2.75, 3.05) is 19.1 Å². The molecule has 0 unspecified atom stereocenters. The number of benzene rings is 1. The van der Waals surface area contributed by atoms with E-state index in [2.05, 4.69) is 19.9 Å². The van der Waals surface area contributed by atoms with Crippen LogP contribution >= 0.6 is 11.3 Å². The molecule has 3 rings (SSSR count). The van der Waals surface area contributed by atoms with E-state index in [0.717, 1.165) is 33.3 Å². The van der Waals surface area contributed by atoms with Gasteiger partial charge >= 0.3 is 0 Å². The fraction of sp³-hybridized carbons (Fsp3) is 0.231. The standard InChI is InChI=1S/C13H14N4OS/c1-17(7-9-6-14-8-15-9)13-16-11-4-3-10(18-2)5-12(11)19-13/h3-6,8H,7H2,1-2H3,(H,14,15). The molecule has 1 N–H and O–H groups in total. The number of nitrogens with zero attached hydrogens (tertiary/aromatic N) is 3. The Morgan fingerprint density at radius 2 is 2.32 bits per heavy atom. The molecule has 98 valence electrons. The predicted octanol–water partition coefficient (Wildman–Crippen LogP) is 2.66. The number of aromatic nitrogens is 3. The van der Waals surface area contributed by atoms with Gasteiger partial charge in [0, 0.05) is 13.2 Å². The number of imidazole rings is 1. The van der Waals surface area contributed by atoms with E-state index < -0.39 is 0 Å². The van der Waals surface area contributed by atoms with E-state index in [-0.39, 0.29) is 0 Å². The maximum atomic E-state index is 5.23. The lowest BCUT2D eigenvalue weighted by Gasteiger charge is -2.13. The largest absolute Gasteiger partial charge is 0.497 e. The van der Waals surface area contributed by atoms with Crippen LogP contribution in [0.25, 0.3) is 10.2 Å². The molecule has 0 saturated heterocycles. The van der Waals surface area contributed by atoms with Crippen LogP contribution in [-0.2, 0) is 6.54 Å². The maximum Gasteiger partial charge on any atom is 0.186 e. The molecule has 6 heteroatoms. The molecule has 0 aliphatic heterocycles. The van der Waals surface area contributed by atoms with E-state index in [4.69, 9.17) is 4.74 Å². The fourth-order valence-corrected chi connectivity index (χ4v) is 2.83. The van der Waals surface area contributed by atoms with E-state index in [1.54, 1.807) is 24.8 Å². The van der Waals surface area contributed by atoms with E-state index in [1.807, 2.05) is 31.4 Å². The number of rotatable bonds is 4. The van der Waals surface area contributed by atoms with Gasteiger partial charge in [-0.15, -0.1) is 0 Å². The molecule has 1 aromatic carbocycles. The van der Waals surface area contributed by atoms with E-state index in [9.17, 15) is 0 Å². The van der Waals surface area contributed by atoms with Crippen molar-refractivity contribution in [1.29, 1.82) is 0 Å². The minimum atomic E-state index is 0.761. The molecule has 0 amide bonds. The Morgan fingerprint density at radius 3 is 3.05 bits per heavy atom. The van der Waals surface area contributed by atoms with Crippen molar-refractivity contribution in [3.05, 3.63) is 36.4 Å². The van der Waals surface area contributed by atoms with Crippen molar-refractivity contribution in [2.24, 2.45) is 0 Å². The van der Waals surface area contributed by atoms with Crippen LogP contribution in [0.4, 0.5) is 5.13 Å². The predicted molar refractivity (Wildman–Crippen MR) is 76.9 cm³/mol. The molecule has 0 aliphatic carbocycles. The average molecular weight is 274 g/mol. The normalized spacial score (nSPS) is 10.8. The Kier molecular flexibility index (Phi) is 3.08. The molecule has 0 spiro atoms. The molecule has 0 radical (unpaired) electrons. The van der Waals surface area contributed by atoms with Gasteiger partial charge in [0.1, 0.15) is 5.75 Å². The Balaban J connectivity index is 1.88. The first-order valence-electron chi connectivity index (χ1n) is 5.89. The molecule has 3 aromatic rings. The van der Waals surface area contributed by atoms with E-state index in [0.29, 0.717) is 0 Å². The topological polar surface area (TPSA) is 54.0 Å². The lowest BCUT2D eigenvalue weighted by Crippen LogP contribution is -2.16. The molecule has 0 fully saturated rings. The van der Waals surface area contributed by atoms with Crippen molar-refractivity contribution < 1.29 is 4.74 Å². The maximum absolute atomic E-state index is 5.23. The number of fused-ring (bicyclic) bond motifs is 1. The van der Waals surface area contributed by atoms with Crippen LogP contribution in [-0.4, -0.2) is 29.1 Å². The van der Waals surface area contributed by atoms with E-state index >= 15 is 0 Å². The molecule has 2 aromatic heterocycles. The summed E-state index contributed by atoms with van der Waals surface area (Å²) in [6.07, 6.45) is 3.51. The minimum absolute atomic E-state index is 0.761. The Bertz CT molecular complexity index is 677. The first-order chi connectivity index (χ1) is 9.26. The fourth-order valence-electron chi connectivity index (χ4n) is 1.88. The summed E-state index contributed by atoms with van der Waals surface area (Å²) >= 11 is 1.66. The van der Waals surface area contributed by atoms with Crippen molar-refractivity contribution in [1.82, 2.24) is 15.0 Å². The number of methoxy groups -OCH3 is 1. The summed E-state index contributed by atoms with van der Waals surface area (Å²) < 4.78 is 6.36. The number of anilines is 1. The quantitative estimate of drug-likeness (QED) is 0.794. The lowest BCUT2D eigenvalue weighted by molar-refractivity contribution is 0.415. The second-order valence-corrected chi connectivity index (χ2v) is 5.27. The molecule has 0 atom stereocenters. The third kappa shape index (κ3) is 2.39. The monoisotopic (exact) mass is 274 g/mol. The number of hydrogen-bond acceptors (Lipinski definition) is 5. The van der Waals surface area contributed by atoms with Crippen LogP contribution in [0.1, 0.15) is 5.69 Å². The summed E-state index contributed by atoms with van der Waals surface area (Å²) in [6.45, 7) is 0.761. The molecular formula is C13H14N4OS. The summed E-state index contributed by atoms with van der Waals surface area (Å²) in [5.74, 6) is 0.860. The van der Waals surface area contributed by atoms with Crippen LogP contribution in [0.3, 0.4) is 0 Å². The number of aromatic amines is 1. The van der Waals surface area contributed by atoms with Crippen LogP contribution in [0, 0.1) is 0 Å². The van der Waals surface area contributed by atoms with Gasteiger partial charge in [-0.2, -0.15) is 0 Å². The zero-order valence-corrected chi connectivity index (χ0v) is 11.6. The zero-order valence-electron chi connectivity index (χ0n) is 10.8. The third-order valence-corrected chi connectivity index (χ3v) is 4.01. The van der Waals surface area contributed by atoms with Crippen LogP contribution in [0.2, 0.25) is 0 Å². The number of nitrogens with one attached hydrogen (secondary N) is 1. The summed E-state index contributed by atoms with van der Waals surface area (Å²) in [4.78, 5) is 13.8. The lowest BCUT2D eigenvalue weighted by atomic mass is 10.3. The number of hydrogen-bond donors (Lipinski definition) is 1. The first kappa shape index (κ1) is 12.0. The highest BCUT2D eigenvalue weighted by atomic mass is 32.1. The highest BCUT2D eigenvalue weighted by Gasteiger charge is 2.10. The van der Waals surface area contributed by atoms with Gasteiger partial charge < -0.3 is 14.6 Å². The highest BCUT2D eigenvalue weighted by Crippen LogP contribution is 2.31. The second-order valence-electron chi connectivity index (χ2n) is 4.26. The van der Waals surface area contributed by atoms with E-state index in [1.165, 1.54) is 0 Å². The number of thiazole rings is 1. The van der Waals surface area contributed by atoms with Gasteiger partial charge in [-0.25, -0.2) is 9.97 Å². The molecular weight excluding hydrogens is 260 g/mol. The van der Waals surface area contributed by atoms with Crippen molar-refractivity contribution in [3.63, 3.8) is 0 Å². The Labute approximate surface area is 114 Å². The van der Waals surface area contributed by atoms with Crippen molar-refractivity contribution in [3.8, 4) is 5.75 Å². The van der Waals surface area contributed by atoms with Gasteiger partial charge in [-0.3, -0.25) is 0 Å². The van der Waals surface area contributed by atoms with Crippen LogP contribution < -0.4 is 9.64 Å². The SMILES string of the molecule is COc1ccc2nc(N(C)Cc3cnc[nH]3)sc2c1. The van der Waals surface area contributed by atoms with Gasteiger partial charge in [-0.05, 0) is 18.2 Å². The average Bonchev–Trinajstić information content (AvgIpc) is 3.05. The Hall–Kier alpha value is -2.08. The summed E-state index contributed by atoms with van der Waals surface area (Å²) in [7, 11) is 3.70. The van der Waals surface area contributed by atoms with Gasteiger partial charge in [0.25, 0.3) is 0 Å². The van der Waals surface area contributed by atoms with Gasteiger partial charge in [0.05, 0.1) is 35.9 Å². The van der Waals surface area contributed by atoms with Crippen molar-refractivity contribution in [2.45, 2.75) is 6.54 Å². The molecule has 19 heavy (non-hydrogen) atoms. The highest BCUT2D eigenvalue weighted by molar-refractivity contribution is 7.22. The second kappa shape index (κ2) is 4.89. The summed E-state index contributed by atoms with van der Waals surface area (Å²) in [5.41, 5.74) is 2.07. The smallest absolute Gasteiger partial charge is 0.186 e. The van der Waals surface area contributed by atoms with Crippen LogP contribution in [0.15, 0.2) is 30.7 Å². The van der Waals surface area contributed by atoms with Crippen LogP contribution in [0.5, 0.6) is 5.75 Å². The summed E-state index contributed by atoms with van der Waals surface area (Å²) in [6, 6.07) is 5.93. The molecule has 0 bridgehead atoms. The number of H-pyrrole nitrogens is 1. The zero-order chi connectivity index (χ0) is 13.2.